The lowest BCUT2D eigenvalue weighted by atomic mass is 10.1. The van der Waals surface area contributed by atoms with E-state index in [4.69, 9.17) is 10.5 Å². The lowest BCUT2D eigenvalue weighted by Crippen LogP contribution is -1.89. The van der Waals surface area contributed by atoms with Gasteiger partial charge in [-0.05, 0) is 6.07 Å². The third kappa shape index (κ3) is 1.65. The van der Waals surface area contributed by atoms with Crippen LogP contribution in [-0.4, -0.2) is 17.4 Å². The minimum atomic E-state index is -0.633. The van der Waals surface area contributed by atoms with E-state index in [1.807, 2.05) is 0 Å². The van der Waals surface area contributed by atoms with Crippen LogP contribution in [0.25, 0.3) is 11.3 Å². The number of nitrogens with two attached hydrogens (primary N) is 1. The first-order chi connectivity index (χ1) is 7.61. The quantitative estimate of drug-likeness (QED) is 0.812. The predicted octanol–water partition coefficient (Wildman–Crippen LogP) is 1.78. The molecule has 0 aliphatic carbocycles. The first kappa shape index (κ1) is 10.3. The maximum atomic E-state index is 13.5. The zero-order chi connectivity index (χ0) is 11.7. The van der Waals surface area contributed by atoms with Gasteiger partial charge in [-0.1, -0.05) is 5.16 Å². The van der Waals surface area contributed by atoms with Crippen molar-refractivity contribution < 1.29 is 18.8 Å². The van der Waals surface area contributed by atoms with E-state index in [0.29, 0.717) is 0 Å². The van der Waals surface area contributed by atoms with E-state index in [1.54, 1.807) is 0 Å². The Morgan fingerprint density at radius 3 is 2.75 bits per heavy atom. The van der Waals surface area contributed by atoms with Gasteiger partial charge in [0, 0.05) is 17.7 Å². The average molecular weight is 224 g/mol. The molecule has 0 unspecified atom stereocenters. The molecule has 1 aromatic carbocycles. The van der Waals surface area contributed by atoms with Gasteiger partial charge in [0.25, 0.3) is 0 Å². The molecule has 0 atom stereocenters. The zero-order valence-electron chi connectivity index (χ0n) is 8.40. The molecule has 3 N–H and O–H groups in total. The van der Waals surface area contributed by atoms with Crippen LogP contribution >= 0.6 is 0 Å². The van der Waals surface area contributed by atoms with E-state index in [-0.39, 0.29) is 28.6 Å². The second kappa shape index (κ2) is 3.73. The largest absolute Gasteiger partial charge is 0.504 e. The molecule has 1 heterocycles. The van der Waals surface area contributed by atoms with E-state index in [1.165, 1.54) is 19.2 Å². The lowest BCUT2D eigenvalue weighted by molar-refractivity contribution is 0.371. The fraction of sp³-hybridized carbons (Fsp3) is 0.100. The van der Waals surface area contributed by atoms with Crippen LogP contribution in [-0.2, 0) is 0 Å². The number of phenolic OH excluding ortho intramolecular Hbond substituents is 1. The van der Waals surface area contributed by atoms with Gasteiger partial charge in [0.15, 0.2) is 11.5 Å². The predicted molar refractivity (Wildman–Crippen MR) is 54.5 cm³/mol. The highest BCUT2D eigenvalue weighted by molar-refractivity contribution is 5.65. The first-order valence-corrected chi connectivity index (χ1v) is 4.41. The fourth-order valence-corrected chi connectivity index (χ4v) is 1.32. The molecule has 0 saturated carbocycles. The van der Waals surface area contributed by atoms with Crippen LogP contribution in [0.5, 0.6) is 11.5 Å². The third-order valence-electron chi connectivity index (χ3n) is 2.07. The molecule has 16 heavy (non-hydrogen) atoms. The summed E-state index contributed by atoms with van der Waals surface area (Å²) in [6, 6.07) is 3.65. The topological polar surface area (TPSA) is 81.5 Å². The average Bonchev–Trinajstić information content (AvgIpc) is 2.65. The summed E-state index contributed by atoms with van der Waals surface area (Å²) in [4.78, 5) is 0. The molecule has 0 amide bonds. The van der Waals surface area contributed by atoms with Gasteiger partial charge in [-0.2, -0.15) is 0 Å². The van der Waals surface area contributed by atoms with Crippen molar-refractivity contribution in [3.63, 3.8) is 0 Å². The highest BCUT2D eigenvalue weighted by atomic mass is 19.1. The molecule has 0 saturated heterocycles. The van der Waals surface area contributed by atoms with Crippen LogP contribution in [0, 0.1) is 5.82 Å². The Morgan fingerprint density at radius 2 is 2.19 bits per heavy atom. The van der Waals surface area contributed by atoms with E-state index >= 15 is 0 Å². The van der Waals surface area contributed by atoms with Gasteiger partial charge in [-0.25, -0.2) is 4.39 Å². The maximum Gasteiger partial charge on any atom is 0.222 e. The van der Waals surface area contributed by atoms with Crippen LogP contribution in [0.1, 0.15) is 0 Å². The SMILES string of the molecule is COc1cc(-c2cc(N)on2)c(F)cc1O. The van der Waals surface area contributed by atoms with Gasteiger partial charge in [0.1, 0.15) is 11.5 Å². The summed E-state index contributed by atoms with van der Waals surface area (Å²) in [6.07, 6.45) is 0. The number of halogens is 1. The number of methoxy groups -OCH3 is 1. The van der Waals surface area contributed by atoms with Gasteiger partial charge in [-0.15, -0.1) is 0 Å². The highest BCUT2D eigenvalue weighted by Crippen LogP contribution is 2.33. The second-order valence-corrected chi connectivity index (χ2v) is 3.12. The second-order valence-electron chi connectivity index (χ2n) is 3.12. The van der Waals surface area contributed by atoms with Crippen molar-refractivity contribution in [1.29, 1.82) is 0 Å². The summed E-state index contributed by atoms with van der Waals surface area (Å²) in [5, 5.41) is 12.9. The lowest BCUT2D eigenvalue weighted by Gasteiger charge is -2.05. The van der Waals surface area contributed by atoms with Crippen LogP contribution in [0.4, 0.5) is 10.3 Å². The van der Waals surface area contributed by atoms with E-state index in [2.05, 4.69) is 9.68 Å². The molecule has 84 valence electrons. The Balaban J connectivity index is 2.56. The summed E-state index contributed by atoms with van der Waals surface area (Å²) in [5.74, 6) is -0.675. The molecular weight excluding hydrogens is 215 g/mol. The van der Waals surface area contributed by atoms with Crippen molar-refractivity contribution in [3.8, 4) is 22.8 Å². The zero-order valence-corrected chi connectivity index (χ0v) is 8.40. The molecular formula is C10H9FN2O3. The Kier molecular flexibility index (Phi) is 2.40. The number of benzene rings is 1. The van der Waals surface area contributed by atoms with Gasteiger partial charge >= 0.3 is 0 Å². The molecule has 6 heteroatoms. The Morgan fingerprint density at radius 1 is 1.44 bits per heavy atom. The van der Waals surface area contributed by atoms with Crippen molar-refractivity contribution in [2.24, 2.45) is 0 Å². The number of anilines is 1. The molecule has 0 bridgehead atoms. The maximum absolute atomic E-state index is 13.5. The molecule has 0 radical (unpaired) electrons. The van der Waals surface area contributed by atoms with Crippen molar-refractivity contribution in [2.45, 2.75) is 0 Å². The summed E-state index contributed by atoms with van der Waals surface area (Å²) in [5.41, 5.74) is 5.73. The molecule has 0 fully saturated rings. The normalized spacial score (nSPS) is 10.4. The number of aromatic hydroxyl groups is 1. The number of phenols is 1. The Bertz CT molecular complexity index is 525. The van der Waals surface area contributed by atoms with E-state index in [0.717, 1.165) is 6.07 Å². The number of rotatable bonds is 2. The Labute approximate surface area is 90.2 Å². The molecule has 0 aliphatic heterocycles. The smallest absolute Gasteiger partial charge is 0.222 e. The molecule has 2 rings (SSSR count). The number of hydrogen-bond acceptors (Lipinski definition) is 5. The summed E-state index contributed by atoms with van der Waals surface area (Å²) < 4.78 is 23.0. The Hall–Kier alpha value is -2.24. The van der Waals surface area contributed by atoms with Gasteiger partial charge < -0.3 is 20.1 Å². The van der Waals surface area contributed by atoms with Crippen LogP contribution in [0.15, 0.2) is 22.7 Å². The fourth-order valence-electron chi connectivity index (χ4n) is 1.32. The summed E-state index contributed by atoms with van der Waals surface area (Å²) >= 11 is 0. The monoisotopic (exact) mass is 224 g/mol. The van der Waals surface area contributed by atoms with Crippen LogP contribution in [0.3, 0.4) is 0 Å². The van der Waals surface area contributed by atoms with Crippen molar-refractivity contribution in [1.82, 2.24) is 5.16 Å². The van der Waals surface area contributed by atoms with Crippen LogP contribution in [0.2, 0.25) is 0 Å². The molecule has 5 nitrogen and oxygen atoms in total. The third-order valence-corrected chi connectivity index (χ3v) is 2.07. The van der Waals surface area contributed by atoms with Crippen molar-refractivity contribution in [3.05, 3.63) is 24.0 Å². The van der Waals surface area contributed by atoms with E-state index in [9.17, 15) is 9.50 Å². The van der Waals surface area contributed by atoms with Crippen molar-refractivity contribution >= 4 is 5.88 Å². The minimum absolute atomic E-state index is 0.0847. The summed E-state index contributed by atoms with van der Waals surface area (Å²) in [6.45, 7) is 0. The van der Waals surface area contributed by atoms with Crippen molar-refractivity contribution in [2.75, 3.05) is 12.8 Å². The first-order valence-electron chi connectivity index (χ1n) is 4.41. The molecule has 0 aliphatic rings. The number of nitrogens with zero attached hydrogens (tertiary/aromatic N) is 1. The standard InChI is InChI=1S/C10H9FN2O3/c1-15-9-2-5(6(11)3-8(9)14)7-4-10(12)16-13-7/h2-4,14H,12H2,1H3. The molecule has 2 aromatic rings. The minimum Gasteiger partial charge on any atom is -0.504 e. The van der Waals surface area contributed by atoms with E-state index < -0.39 is 5.82 Å². The van der Waals surface area contributed by atoms with Gasteiger partial charge in [-0.3, -0.25) is 0 Å². The highest BCUT2D eigenvalue weighted by Gasteiger charge is 2.14. The number of hydrogen-bond donors (Lipinski definition) is 2. The van der Waals surface area contributed by atoms with Gasteiger partial charge in [0.2, 0.25) is 5.88 Å². The number of ether oxygens (including phenoxy) is 1. The number of nitrogen functional groups attached to an aromatic ring is 1. The summed E-state index contributed by atoms with van der Waals surface area (Å²) in [7, 11) is 1.37. The van der Waals surface area contributed by atoms with Crippen LogP contribution < -0.4 is 10.5 Å². The van der Waals surface area contributed by atoms with Gasteiger partial charge in [0.05, 0.1) is 7.11 Å². The molecule has 1 aromatic heterocycles. The molecule has 0 spiro atoms. The number of aromatic nitrogens is 1.